The standard InChI is InChI=1S/C18H11NO5/c20-15(12-6-8-14(9-7-12)19(22)23)10-18-16(21)11-17(24-18)13-4-2-1-3-5-13/h1-11H. The largest absolute Gasteiger partial charge is 0.452 e. The topological polar surface area (TPSA) is 86.5 Å². The number of allylic oxidation sites excluding steroid dienone is 2. The van der Waals surface area contributed by atoms with Gasteiger partial charge in [-0.15, -0.1) is 0 Å². The molecule has 0 saturated heterocycles. The van der Waals surface area contributed by atoms with E-state index in [2.05, 4.69) is 0 Å². The zero-order chi connectivity index (χ0) is 17.1. The van der Waals surface area contributed by atoms with Crippen molar-refractivity contribution in [3.05, 3.63) is 93.7 Å². The number of carbonyl (C=O) groups excluding carboxylic acids is 2. The summed E-state index contributed by atoms with van der Waals surface area (Å²) in [5.74, 6) is -0.555. The van der Waals surface area contributed by atoms with Gasteiger partial charge in [-0.2, -0.15) is 0 Å². The molecule has 0 aliphatic carbocycles. The average molecular weight is 321 g/mol. The molecule has 1 aliphatic rings. The first-order valence-corrected chi connectivity index (χ1v) is 7.04. The molecule has 0 amide bonds. The Kier molecular flexibility index (Phi) is 4.03. The van der Waals surface area contributed by atoms with Gasteiger partial charge in [0.2, 0.25) is 5.78 Å². The number of non-ortho nitro benzene ring substituents is 1. The minimum absolute atomic E-state index is 0.0720. The molecule has 0 atom stereocenters. The Morgan fingerprint density at radius 2 is 1.71 bits per heavy atom. The number of benzene rings is 2. The highest BCUT2D eigenvalue weighted by Crippen LogP contribution is 2.26. The number of nitro benzene ring substituents is 1. The molecular weight excluding hydrogens is 310 g/mol. The molecule has 0 aromatic heterocycles. The fraction of sp³-hybridized carbons (Fsp3) is 0. The third kappa shape index (κ3) is 3.12. The van der Waals surface area contributed by atoms with Gasteiger partial charge in [0.1, 0.15) is 5.76 Å². The number of rotatable bonds is 4. The molecule has 0 saturated carbocycles. The number of hydrogen-bond acceptors (Lipinski definition) is 5. The van der Waals surface area contributed by atoms with E-state index in [1.807, 2.05) is 18.2 Å². The van der Waals surface area contributed by atoms with Crippen molar-refractivity contribution < 1.29 is 19.2 Å². The number of carbonyl (C=O) groups is 2. The Morgan fingerprint density at radius 1 is 1.04 bits per heavy atom. The molecule has 24 heavy (non-hydrogen) atoms. The van der Waals surface area contributed by atoms with Gasteiger partial charge >= 0.3 is 0 Å². The lowest BCUT2D eigenvalue weighted by Crippen LogP contribution is -2.01. The lowest BCUT2D eigenvalue weighted by Gasteiger charge is -2.03. The van der Waals surface area contributed by atoms with Gasteiger partial charge in [0.15, 0.2) is 11.5 Å². The minimum Gasteiger partial charge on any atom is -0.452 e. The predicted octanol–water partition coefficient (Wildman–Crippen LogP) is 3.30. The summed E-state index contributed by atoms with van der Waals surface area (Å²) in [6.45, 7) is 0. The van der Waals surface area contributed by atoms with Crippen LogP contribution in [0, 0.1) is 10.1 Å². The summed E-state index contributed by atoms with van der Waals surface area (Å²) >= 11 is 0. The molecule has 3 rings (SSSR count). The van der Waals surface area contributed by atoms with E-state index in [-0.39, 0.29) is 17.0 Å². The van der Waals surface area contributed by atoms with Crippen LogP contribution in [0.2, 0.25) is 0 Å². The molecule has 0 unspecified atom stereocenters. The van der Waals surface area contributed by atoms with Crippen LogP contribution in [0.15, 0.2) is 72.5 Å². The number of ketones is 2. The summed E-state index contributed by atoms with van der Waals surface area (Å²) < 4.78 is 5.46. The number of nitrogens with zero attached hydrogens (tertiary/aromatic N) is 1. The van der Waals surface area contributed by atoms with Gasteiger partial charge in [-0.3, -0.25) is 19.7 Å². The quantitative estimate of drug-likeness (QED) is 0.373. The van der Waals surface area contributed by atoms with E-state index in [4.69, 9.17) is 4.74 Å². The molecular formula is C18H11NO5. The highest BCUT2D eigenvalue weighted by atomic mass is 16.6. The second-order valence-electron chi connectivity index (χ2n) is 5.02. The summed E-state index contributed by atoms with van der Waals surface area (Å²) in [5, 5.41) is 10.6. The SMILES string of the molecule is O=C1C=C(c2ccccc2)OC1=CC(=O)c1ccc([N+](=O)[O-])cc1. The van der Waals surface area contributed by atoms with Gasteiger partial charge in [0, 0.05) is 35.4 Å². The minimum atomic E-state index is -0.549. The van der Waals surface area contributed by atoms with Crippen molar-refractivity contribution in [1.82, 2.24) is 0 Å². The lowest BCUT2D eigenvalue weighted by molar-refractivity contribution is -0.384. The van der Waals surface area contributed by atoms with Gasteiger partial charge in [-0.05, 0) is 12.1 Å². The van der Waals surface area contributed by atoms with Crippen molar-refractivity contribution in [2.75, 3.05) is 0 Å². The first kappa shape index (κ1) is 15.4. The highest BCUT2D eigenvalue weighted by Gasteiger charge is 2.23. The maximum atomic E-state index is 12.2. The highest BCUT2D eigenvalue weighted by molar-refractivity contribution is 6.15. The first-order chi connectivity index (χ1) is 11.5. The molecule has 0 bridgehead atoms. The lowest BCUT2D eigenvalue weighted by atomic mass is 10.1. The summed E-state index contributed by atoms with van der Waals surface area (Å²) in [5.41, 5.74) is 0.857. The molecule has 0 radical (unpaired) electrons. The van der Waals surface area contributed by atoms with Gasteiger partial charge in [-0.25, -0.2) is 0 Å². The number of nitro groups is 1. The summed E-state index contributed by atoms with van der Waals surface area (Å²) in [7, 11) is 0. The Bertz CT molecular complexity index is 879. The van der Waals surface area contributed by atoms with Crippen molar-refractivity contribution in [3.8, 4) is 0 Å². The maximum Gasteiger partial charge on any atom is 0.269 e. The first-order valence-electron chi connectivity index (χ1n) is 7.04. The zero-order valence-corrected chi connectivity index (χ0v) is 12.3. The third-order valence-corrected chi connectivity index (χ3v) is 3.41. The predicted molar refractivity (Wildman–Crippen MR) is 86.0 cm³/mol. The van der Waals surface area contributed by atoms with Crippen LogP contribution in [0.3, 0.4) is 0 Å². The second kappa shape index (κ2) is 6.29. The maximum absolute atomic E-state index is 12.2. The molecule has 2 aromatic rings. The number of ether oxygens (including phenoxy) is 1. The normalized spacial score (nSPS) is 15.1. The van der Waals surface area contributed by atoms with Gasteiger partial charge in [0.25, 0.3) is 5.69 Å². The van der Waals surface area contributed by atoms with Crippen LogP contribution in [0.25, 0.3) is 5.76 Å². The van der Waals surface area contributed by atoms with Crippen LogP contribution in [0.5, 0.6) is 0 Å². The van der Waals surface area contributed by atoms with Gasteiger partial charge < -0.3 is 4.74 Å². The molecule has 118 valence electrons. The Morgan fingerprint density at radius 3 is 2.33 bits per heavy atom. The summed E-state index contributed by atoms with van der Waals surface area (Å²) in [4.78, 5) is 34.2. The van der Waals surface area contributed by atoms with E-state index in [0.29, 0.717) is 5.76 Å². The van der Waals surface area contributed by atoms with E-state index >= 15 is 0 Å². The van der Waals surface area contributed by atoms with Gasteiger partial charge in [-0.1, -0.05) is 30.3 Å². The second-order valence-corrected chi connectivity index (χ2v) is 5.02. The van der Waals surface area contributed by atoms with E-state index < -0.39 is 16.5 Å². The molecule has 1 aliphatic heterocycles. The molecule has 0 spiro atoms. The van der Waals surface area contributed by atoms with Crippen molar-refractivity contribution in [1.29, 1.82) is 0 Å². The van der Waals surface area contributed by atoms with Crippen LogP contribution in [-0.2, 0) is 9.53 Å². The molecule has 0 N–H and O–H groups in total. The number of hydrogen-bond donors (Lipinski definition) is 0. The summed E-state index contributed by atoms with van der Waals surface area (Å²) in [6, 6.07) is 14.2. The van der Waals surface area contributed by atoms with E-state index in [0.717, 1.165) is 11.6 Å². The van der Waals surface area contributed by atoms with Crippen molar-refractivity contribution >= 4 is 23.0 Å². The third-order valence-electron chi connectivity index (χ3n) is 3.41. The Hall–Kier alpha value is -3.54. The molecule has 0 fully saturated rings. The fourth-order valence-corrected chi connectivity index (χ4v) is 2.18. The van der Waals surface area contributed by atoms with Crippen molar-refractivity contribution in [2.24, 2.45) is 0 Å². The van der Waals surface area contributed by atoms with Crippen molar-refractivity contribution in [3.63, 3.8) is 0 Å². The van der Waals surface area contributed by atoms with Gasteiger partial charge in [0.05, 0.1) is 4.92 Å². The zero-order valence-electron chi connectivity index (χ0n) is 12.3. The average Bonchev–Trinajstić information content (AvgIpc) is 2.96. The molecule has 6 heteroatoms. The van der Waals surface area contributed by atoms with E-state index in [1.54, 1.807) is 12.1 Å². The molecule has 1 heterocycles. The van der Waals surface area contributed by atoms with E-state index in [1.165, 1.54) is 30.3 Å². The smallest absolute Gasteiger partial charge is 0.269 e. The summed E-state index contributed by atoms with van der Waals surface area (Å²) in [6.07, 6.45) is 2.42. The van der Waals surface area contributed by atoms with Crippen LogP contribution >= 0.6 is 0 Å². The van der Waals surface area contributed by atoms with Crippen molar-refractivity contribution in [2.45, 2.75) is 0 Å². The molecule has 6 nitrogen and oxygen atoms in total. The monoisotopic (exact) mass is 321 g/mol. The van der Waals surface area contributed by atoms with Crippen LogP contribution in [0.1, 0.15) is 15.9 Å². The molecule has 2 aromatic carbocycles. The van der Waals surface area contributed by atoms with Crippen LogP contribution in [0.4, 0.5) is 5.69 Å². The Balaban J connectivity index is 1.78. The van der Waals surface area contributed by atoms with Crippen LogP contribution < -0.4 is 0 Å². The fourth-order valence-electron chi connectivity index (χ4n) is 2.18. The van der Waals surface area contributed by atoms with E-state index in [9.17, 15) is 19.7 Å². The van der Waals surface area contributed by atoms with Crippen LogP contribution in [-0.4, -0.2) is 16.5 Å². The Labute approximate surface area is 136 Å².